The van der Waals surface area contributed by atoms with Crippen LogP contribution in [-0.2, 0) is 14.3 Å². The number of nitrogens with one attached hydrogen (secondary N) is 1. The fourth-order valence-corrected chi connectivity index (χ4v) is 2.87. The number of esters is 1. The molecule has 29 heavy (non-hydrogen) atoms. The van der Waals surface area contributed by atoms with Gasteiger partial charge in [-0.15, -0.1) is 0 Å². The molecule has 1 unspecified atom stereocenters. The number of hydrogen-bond acceptors (Lipinski definition) is 6. The van der Waals surface area contributed by atoms with Crippen molar-refractivity contribution in [1.29, 1.82) is 0 Å². The highest BCUT2D eigenvalue weighted by Gasteiger charge is 2.35. The van der Waals surface area contributed by atoms with Gasteiger partial charge in [-0.3, -0.25) is 24.1 Å². The number of fused-ring (bicyclic) bond motifs is 1. The minimum atomic E-state index is -1.04. The number of amides is 3. The highest BCUT2D eigenvalue weighted by Crippen LogP contribution is 2.22. The number of imide groups is 1. The van der Waals surface area contributed by atoms with Gasteiger partial charge in [0.1, 0.15) is 5.75 Å². The first kappa shape index (κ1) is 20.1. The molecule has 0 fully saturated rings. The van der Waals surface area contributed by atoms with E-state index in [0.717, 1.165) is 4.90 Å². The van der Waals surface area contributed by atoms with Crippen LogP contribution in [0.25, 0.3) is 0 Å². The molecule has 3 rings (SSSR count). The number of anilines is 1. The van der Waals surface area contributed by atoms with E-state index in [2.05, 4.69) is 5.32 Å². The second kappa shape index (κ2) is 8.55. The van der Waals surface area contributed by atoms with Gasteiger partial charge in [-0.2, -0.15) is 0 Å². The SMILES string of the molecule is COc1ccc(NC(=O)C(C)OC(=O)CCN2C(=O)c3ccccc3C2=O)cc1. The minimum Gasteiger partial charge on any atom is -0.497 e. The van der Waals surface area contributed by atoms with E-state index in [4.69, 9.17) is 9.47 Å². The molecule has 0 bridgehead atoms. The predicted octanol–water partition coefficient (Wildman–Crippen LogP) is 2.25. The molecule has 0 saturated carbocycles. The molecule has 2 aromatic rings. The molecule has 8 heteroatoms. The Balaban J connectivity index is 1.49. The standard InChI is InChI=1S/C21H20N2O6/c1-13(19(25)22-14-7-9-15(28-2)10-8-14)29-18(24)11-12-23-20(26)16-5-3-4-6-17(16)21(23)27/h3-10,13H,11-12H2,1-2H3,(H,22,25). The van der Waals surface area contributed by atoms with Crippen molar-refractivity contribution in [2.24, 2.45) is 0 Å². The average Bonchev–Trinajstić information content (AvgIpc) is 2.97. The molecule has 3 amide bonds. The van der Waals surface area contributed by atoms with E-state index in [1.165, 1.54) is 14.0 Å². The Morgan fingerprint density at radius 1 is 1.00 bits per heavy atom. The average molecular weight is 396 g/mol. The molecule has 2 aromatic carbocycles. The summed E-state index contributed by atoms with van der Waals surface area (Å²) in [5.74, 6) is -1.41. The van der Waals surface area contributed by atoms with Crippen molar-refractivity contribution in [2.45, 2.75) is 19.4 Å². The Morgan fingerprint density at radius 2 is 1.59 bits per heavy atom. The lowest BCUT2D eigenvalue weighted by Gasteiger charge is -2.16. The van der Waals surface area contributed by atoms with E-state index in [1.54, 1.807) is 48.5 Å². The summed E-state index contributed by atoms with van der Waals surface area (Å²) in [7, 11) is 1.54. The Bertz CT molecular complexity index is 919. The zero-order valence-electron chi connectivity index (χ0n) is 16.0. The lowest BCUT2D eigenvalue weighted by Crippen LogP contribution is -2.34. The molecule has 0 saturated heterocycles. The number of hydrogen-bond donors (Lipinski definition) is 1. The summed E-state index contributed by atoms with van der Waals surface area (Å²) in [5, 5.41) is 2.63. The van der Waals surface area contributed by atoms with Crippen LogP contribution in [0, 0.1) is 0 Å². The first-order valence-electron chi connectivity index (χ1n) is 9.00. The number of carbonyl (C=O) groups is 4. The van der Waals surface area contributed by atoms with E-state index in [9.17, 15) is 19.2 Å². The maximum atomic E-state index is 12.3. The van der Waals surface area contributed by atoms with Crippen molar-refractivity contribution in [3.63, 3.8) is 0 Å². The summed E-state index contributed by atoms with van der Waals surface area (Å²) in [6, 6.07) is 13.2. The normalized spacial score (nSPS) is 13.7. The van der Waals surface area contributed by atoms with Crippen LogP contribution in [0.5, 0.6) is 5.75 Å². The minimum absolute atomic E-state index is 0.113. The Kier molecular flexibility index (Phi) is 5.92. The van der Waals surface area contributed by atoms with Gasteiger partial charge in [0, 0.05) is 12.2 Å². The van der Waals surface area contributed by atoms with Crippen LogP contribution in [0.3, 0.4) is 0 Å². The molecule has 1 N–H and O–H groups in total. The number of ether oxygens (including phenoxy) is 2. The quantitative estimate of drug-likeness (QED) is 0.569. The summed E-state index contributed by atoms with van der Waals surface area (Å²) in [6.07, 6.45) is -1.24. The summed E-state index contributed by atoms with van der Waals surface area (Å²) in [6.45, 7) is 1.33. The smallest absolute Gasteiger partial charge is 0.308 e. The molecule has 1 atom stereocenters. The predicted molar refractivity (Wildman–Crippen MR) is 104 cm³/mol. The molecule has 0 aliphatic carbocycles. The number of benzene rings is 2. The first-order valence-corrected chi connectivity index (χ1v) is 9.00. The fraction of sp³-hybridized carbons (Fsp3) is 0.238. The monoisotopic (exact) mass is 396 g/mol. The zero-order chi connectivity index (χ0) is 21.0. The van der Waals surface area contributed by atoms with Crippen LogP contribution in [0.2, 0.25) is 0 Å². The van der Waals surface area contributed by atoms with Crippen LogP contribution in [0.4, 0.5) is 5.69 Å². The highest BCUT2D eigenvalue weighted by molar-refractivity contribution is 6.21. The lowest BCUT2D eigenvalue weighted by atomic mass is 10.1. The van der Waals surface area contributed by atoms with Gasteiger partial charge in [0.25, 0.3) is 17.7 Å². The third-order valence-electron chi connectivity index (χ3n) is 4.45. The summed E-state index contributed by atoms with van der Waals surface area (Å²) >= 11 is 0. The fourth-order valence-electron chi connectivity index (χ4n) is 2.87. The number of carbonyl (C=O) groups excluding carboxylic acids is 4. The van der Waals surface area contributed by atoms with Crippen molar-refractivity contribution < 1.29 is 28.7 Å². The van der Waals surface area contributed by atoms with E-state index in [0.29, 0.717) is 22.6 Å². The van der Waals surface area contributed by atoms with Gasteiger partial charge in [0.2, 0.25) is 0 Å². The molecular weight excluding hydrogens is 376 g/mol. The van der Waals surface area contributed by atoms with E-state index in [-0.39, 0.29) is 13.0 Å². The van der Waals surface area contributed by atoms with Crippen molar-refractivity contribution in [3.8, 4) is 5.75 Å². The van der Waals surface area contributed by atoms with E-state index < -0.39 is 29.8 Å². The third kappa shape index (κ3) is 4.43. The third-order valence-corrected chi connectivity index (χ3v) is 4.45. The Morgan fingerprint density at radius 3 is 2.14 bits per heavy atom. The second-order valence-corrected chi connectivity index (χ2v) is 6.41. The number of nitrogens with zero attached hydrogens (tertiary/aromatic N) is 1. The molecule has 1 aliphatic heterocycles. The second-order valence-electron chi connectivity index (χ2n) is 6.41. The van der Waals surface area contributed by atoms with Crippen LogP contribution in [-0.4, -0.2) is 48.3 Å². The van der Waals surface area contributed by atoms with Gasteiger partial charge >= 0.3 is 5.97 Å². The molecule has 0 aromatic heterocycles. The molecule has 1 aliphatic rings. The van der Waals surface area contributed by atoms with Crippen molar-refractivity contribution in [2.75, 3.05) is 19.0 Å². The van der Waals surface area contributed by atoms with Crippen molar-refractivity contribution in [3.05, 3.63) is 59.7 Å². The van der Waals surface area contributed by atoms with Crippen LogP contribution in [0.15, 0.2) is 48.5 Å². The topological polar surface area (TPSA) is 102 Å². The Hall–Kier alpha value is -3.68. The van der Waals surface area contributed by atoms with Gasteiger partial charge in [-0.1, -0.05) is 12.1 Å². The maximum Gasteiger partial charge on any atom is 0.308 e. The maximum absolute atomic E-state index is 12.3. The van der Waals surface area contributed by atoms with Crippen LogP contribution in [0.1, 0.15) is 34.1 Å². The molecule has 8 nitrogen and oxygen atoms in total. The molecule has 0 spiro atoms. The van der Waals surface area contributed by atoms with Gasteiger partial charge < -0.3 is 14.8 Å². The number of rotatable bonds is 7. The summed E-state index contributed by atoms with van der Waals surface area (Å²) in [4.78, 5) is 49.8. The Labute approximate surface area is 167 Å². The van der Waals surface area contributed by atoms with Gasteiger partial charge in [-0.25, -0.2) is 0 Å². The summed E-state index contributed by atoms with van der Waals surface area (Å²) < 4.78 is 10.2. The van der Waals surface area contributed by atoms with E-state index in [1.807, 2.05) is 0 Å². The summed E-state index contributed by atoms with van der Waals surface area (Å²) in [5.41, 5.74) is 1.17. The highest BCUT2D eigenvalue weighted by atomic mass is 16.5. The largest absolute Gasteiger partial charge is 0.497 e. The lowest BCUT2D eigenvalue weighted by molar-refractivity contribution is -0.153. The van der Waals surface area contributed by atoms with Gasteiger partial charge in [-0.05, 0) is 43.3 Å². The zero-order valence-corrected chi connectivity index (χ0v) is 16.0. The molecule has 1 heterocycles. The number of methoxy groups -OCH3 is 1. The van der Waals surface area contributed by atoms with Crippen molar-refractivity contribution in [1.82, 2.24) is 4.90 Å². The first-order chi connectivity index (χ1) is 13.9. The van der Waals surface area contributed by atoms with Crippen molar-refractivity contribution >= 4 is 29.4 Å². The van der Waals surface area contributed by atoms with Crippen LogP contribution < -0.4 is 10.1 Å². The van der Waals surface area contributed by atoms with E-state index >= 15 is 0 Å². The van der Waals surface area contributed by atoms with Crippen LogP contribution >= 0.6 is 0 Å². The molecular formula is C21H20N2O6. The molecule has 150 valence electrons. The van der Waals surface area contributed by atoms with Gasteiger partial charge in [0.05, 0.1) is 24.7 Å². The molecule has 0 radical (unpaired) electrons. The van der Waals surface area contributed by atoms with Gasteiger partial charge in [0.15, 0.2) is 6.10 Å².